The van der Waals surface area contributed by atoms with E-state index < -0.39 is 7.42 Å². The zero-order valence-corrected chi connectivity index (χ0v) is 26.0. The molecule has 0 unspecified atom stereocenters. The Morgan fingerprint density at radius 3 is 1.63 bits per heavy atom. The normalized spacial score (nSPS) is 13.9. The maximum atomic E-state index is 12.4. The topological polar surface area (TPSA) is 32.8 Å². The minimum atomic E-state index is -0.476. The average molecular weight is 593 g/mol. The van der Waals surface area contributed by atoms with Crippen LogP contribution < -0.4 is 0 Å². The molecule has 4 nitrogen and oxygen atoms in total. The maximum absolute atomic E-state index is 12.4. The summed E-state index contributed by atoms with van der Waals surface area (Å²) in [4.78, 5) is 12.4. The first-order chi connectivity index (χ1) is 13.5. The summed E-state index contributed by atoms with van der Waals surface area (Å²) in [6.07, 6.45) is 0. The van der Waals surface area contributed by atoms with E-state index in [0.29, 0.717) is 37.4 Å². The lowest BCUT2D eigenvalue weighted by Gasteiger charge is -2.46. The molecule has 180 valence electrons. The van der Waals surface area contributed by atoms with Gasteiger partial charge in [0.2, 0.25) is 5.12 Å². The highest BCUT2D eigenvalue weighted by Gasteiger charge is 2.34. The van der Waals surface area contributed by atoms with E-state index in [9.17, 15) is 4.79 Å². The molecule has 0 saturated heterocycles. The van der Waals surface area contributed by atoms with E-state index >= 15 is 0 Å². The quantitative estimate of drug-likeness (QED) is 0.0902. The van der Waals surface area contributed by atoms with Crippen molar-refractivity contribution in [1.29, 1.82) is 0 Å². The van der Waals surface area contributed by atoms with Crippen LogP contribution in [0.15, 0.2) is 0 Å². The van der Waals surface area contributed by atoms with Gasteiger partial charge in [0.1, 0.15) is 7.42 Å². The average Bonchev–Trinajstić information content (AvgIpc) is 2.51. The summed E-state index contributed by atoms with van der Waals surface area (Å²) in [5.74, 6) is 0.962. The third-order valence-corrected chi connectivity index (χ3v) is 12.1. The van der Waals surface area contributed by atoms with Crippen LogP contribution in [0.4, 0.5) is 0 Å². The van der Waals surface area contributed by atoms with Crippen LogP contribution in [0.3, 0.4) is 0 Å². The molecule has 0 saturated carbocycles. The lowest BCUT2D eigenvalue weighted by atomic mass is 10.2. The van der Waals surface area contributed by atoms with E-state index in [1.165, 1.54) is 11.8 Å². The Kier molecular flexibility index (Phi) is 14.6. The molecule has 0 heterocycles. The number of nitrogens with zero attached hydrogens (tertiary/aromatic N) is 2. The Hall–Kier alpha value is 1.41. The molecule has 8 heteroatoms. The van der Waals surface area contributed by atoms with E-state index in [-0.39, 0.29) is 13.3 Å². The molecule has 0 spiro atoms. The molecule has 0 rings (SSSR count). The molecule has 0 aromatic heterocycles. The van der Waals surface area contributed by atoms with Crippen molar-refractivity contribution in [2.45, 2.75) is 115 Å². The van der Waals surface area contributed by atoms with E-state index in [2.05, 4.69) is 101 Å². The fourth-order valence-electron chi connectivity index (χ4n) is 3.13. The van der Waals surface area contributed by atoms with Gasteiger partial charge in [0.15, 0.2) is 0 Å². The Morgan fingerprint density at radius 1 is 0.900 bits per heavy atom. The molecule has 0 aliphatic heterocycles. The van der Waals surface area contributed by atoms with Gasteiger partial charge in [0.05, 0.1) is 16.6 Å². The summed E-state index contributed by atoms with van der Waals surface area (Å²) in [6.45, 7) is 27.8. The third-order valence-electron chi connectivity index (χ3n) is 4.25. The van der Waals surface area contributed by atoms with Gasteiger partial charge in [0.25, 0.3) is 0 Å². The molecule has 0 aromatic carbocycles. The number of alkyl halides is 1. The first-order valence-electron chi connectivity index (χ1n) is 11.0. The van der Waals surface area contributed by atoms with Crippen LogP contribution >= 0.6 is 53.2 Å². The first-order valence-corrected chi connectivity index (χ1v) is 15.7. The molecular weight excluding hydrogens is 546 g/mol. The van der Waals surface area contributed by atoms with Gasteiger partial charge in [-0.1, -0.05) is 45.7 Å². The highest BCUT2D eigenvalue weighted by atomic mass is 127. The minimum Gasteiger partial charge on any atom is -0.379 e. The summed E-state index contributed by atoms with van der Waals surface area (Å²) in [7, 11) is -0.476. The predicted octanol–water partition coefficient (Wildman–Crippen LogP) is 7.45. The largest absolute Gasteiger partial charge is 0.379 e. The molecule has 0 aromatic rings. The standard InChI is InChI=1S/C22H46IN2O2PS2/c1-16(2)24(17(3)4)28(25(18(5)6)19(7)8)29-14-13-27-15-21(9,10)30-20(26)22(11,12)23/h16-19H,13-15H2,1-12H3. The lowest BCUT2D eigenvalue weighted by Crippen LogP contribution is -2.41. The zero-order chi connectivity index (χ0) is 23.9. The van der Waals surface area contributed by atoms with Crippen molar-refractivity contribution in [3.63, 3.8) is 0 Å². The molecular formula is C22H46IN2O2PS2. The van der Waals surface area contributed by atoms with E-state index in [1.807, 2.05) is 25.2 Å². The second-order valence-electron chi connectivity index (χ2n) is 9.90. The van der Waals surface area contributed by atoms with Crippen LogP contribution in [0.2, 0.25) is 0 Å². The molecule has 0 radical (unpaired) electrons. The molecule has 0 N–H and O–H groups in total. The van der Waals surface area contributed by atoms with Crippen LogP contribution in [-0.4, -0.2) is 65.8 Å². The number of hydrogen-bond acceptors (Lipinski definition) is 6. The number of ether oxygens (including phenoxy) is 1. The minimum absolute atomic E-state index is 0.210. The van der Waals surface area contributed by atoms with Crippen molar-refractivity contribution in [2.75, 3.05) is 19.0 Å². The van der Waals surface area contributed by atoms with Crippen molar-refractivity contribution in [1.82, 2.24) is 9.34 Å². The summed E-state index contributed by atoms with van der Waals surface area (Å²) in [5, 5.41) is 0.212. The molecule has 0 atom stereocenters. The zero-order valence-electron chi connectivity index (χ0n) is 21.3. The van der Waals surface area contributed by atoms with Crippen molar-refractivity contribution in [3.05, 3.63) is 0 Å². The van der Waals surface area contributed by atoms with Gasteiger partial charge in [-0.05, 0) is 83.1 Å². The van der Waals surface area contributed by atoms with Crippen molar-refractivity contribution in [2.24, 2.45) is 0 Å². The van der Waals surface area contributed by atoms with Gasteiger partial charge in [-0.3, -0.25) is 14.1 Å². The van der Waals surface area contributed by atoms with Gasteiger partial charge >= 0.3 is 0 Å². The first kappa shape index (κ1) is 31.4. The van der Waals surface area contributed by atoms with Gasteiger partial charge in [-0.15, -0.1) is 0 Å². The summed E-state index contributed by atoms with van der Waals surface area (Å²) >= 11 is 5.66. The fourth-order valence-corrected chi connectivity index (χ4v) is 10.6. The molecule has 30 heavy (non-hydrogen) atoms. The molecule has 0 aliphatic rings. The van der Waals surface area contributed by atoms with Gasteiger partial charge in [-0.25, -0.2) is 0 Å². The molecule has 0 fully saturated rings. The SMILES string of the molecule is CC(C)N(C(C)C)P(SCCOCC(C)(C)SC(=O)C(C)(C)I)N(C(C)C)C(C)C. The van der Waals surface area contributed by atoms with E-state index in [4.69, 9.17) is 4.74 Å². The van der Waals surface area contributed by atoms with E-state index in [1.54, 1.807) is 0 Å². The maximum Gasteiger partial charge on any atom is 0.204 e. The molecule has 0 bridgehead atoms. The van der Waals surface area contributed by atoms with Crippen molar-refractivity contribution >= 4 is 58.3 Å². The summed E-state index contributed by atoms with van der Waals surface area (Å²) < 4.78 is 10.8. The van der Waals surface area contributed by atoms with Crippen LogP contribution in [0.1, 0.15) is 83.1 Å². The highest BCUT2D eigenvalue weighted by Crippen LogP contribution is 2.59. The number of carbonyl (C=O) groups is 1. The summed E-state index contributed by atoms with van der Waals surface area (Å²) in [5.41, 5.74) is 0. The van der Waals surface area contributed by atoms with Crippen molar-refractivity contribution in [3.8, 4) is 0 Å². The third kappa shape index (κ3) is 11.5. The Labute approximate surface area is 210 Å². The van der Waals surface area contributed by atoms with Gasteiger partial charge < -0.3 is 4.74 Å². The Bertz CT molecular complexity index is 476. The lowest BCUT2D eigenvalue weighted by molar-refractivity contribution is -0.112. The number of rotatable bonds is 14. The second-order valence-corrected chi connectivity index (χ2v) is 18.1. The second kappa shape index (κ2) is 14.0. The van der Waals surface area contributed by atoms with Crippen molar-refractivity contribution < 1.29 is 9.53 Å². The van der Waals surface area contributed by atoms with Crippen LogP contribution in [-0.2, 0) is 9.53 Å². The smallest absolute Gasteiger partial charge is 0.204 e. The number of halogens is 1. The fraction of sp³-hybridized carbons (Fsp3) is 0.955. The number of thioether (sulfide) groups is 1. The van der Waals surface area contributed by atoms with Crippen LogP contribution in [0, 0.1) is 0 Å². The van der Waals surface area contributed by atoms with Gasteiger partial charge in [0, 0.05) is 34.7 Å². The predicted molar refractivity (Wildman–Crippen MR) is 149 cm³/mol. The highest BCUT2D eigenvalue weighted by molar-refractivity contribution is 14.1. The van der Waals surface area contributed by atoms with Crippen LogP contribution in [0.25, 0.3) is 0 Å². The number of hydrogen-bond donors (Lipinski definition) is 0. The number of carbonyl (C=O) groups excluding carboxylic acids is 1. The summed E-state index contributed by atoms with van der Waals surface area (Å²) in [6, 6.07) is 2.01. The molecule has 0 amide bonds. The van der Waals surface area contributed by atoms with E-state index in [0.717, 1.165) is 5.75 Å². The van der Waals surface area contributed by atoms with Crippen LogP contribution in [0.5, 0.6) is 0 Å². The molecule has 0 aliphatic carbocycles. The Balaban J connectivity index is 4.96. The van der Waals surface area contributed by atoms with Gasteiger partial charge in [-0.2, -0.15) is 0 Å². The Morgan fingerprint density at radius 2 is 1.30 bits per heavy atom. The monoisotopic (exact) mass is 592 g/mol.